The number of hydrogen-bond donors (Lipinski definition) is 0. The molecular formula is C25H25F3N6. The molecule has 4 aromatic rings. The zero-order valence-corrected chi connectivity index (χ0v) is 18.9. The van der Waals surface area contributed by atoms with Gasteiger partial charge in [0.05, 0.1) is 12.7 Å². The molecule has 1 saturated heterocycles. The zero-order chi connectivity index (χ0) is 23.7. The molecule has 1 fully saturated rings. The maximum atomic E-state index is 14.8. The van der Waals surface area contributed by atoms with Gasteiger partial charge in [-0.2, -0.15) is 5.10 Å². The normalized spacial score (nSPS) is 14.8. The Bertz CT molecular complexity index is 1310. The molecule has 0 unspecified atom stereocenters. The number of nitrogens with zero attached hydrogens (tertiary/aromatic N) is 6. The molecule has 34 heavy (non-hydrogen) atoms. The van der Waals surface area contributed by atoms with Crippen LogP contribution in [0.5, 0.6) is 0 Å². The highest BCUT2D eigenvalue weighted by Gasteiger charge is 2.24. The molecule has 0 atom stereocenters. The quantitative estimate of drug-likeness (QED) is 0.419. The Morgan fingerprint density at radius 2 is 1.65 bits per heavy atom. The Kier molecular flexibility index (Phi) is 6.19. The Balaban J connectivity index is 1.53. The second-order valence-electron chi connectivity index (χ2n) is 8.43. The van der Waals surface area contributed by atoms with Crippen LogP contribution in [0.25, 0.3) is 22.4 Å². The Hall–Kier alpha value is -3.46. The molecule has 2 aromatic carbocycles. The van der Waals surface area contributed by atoms with E-state index in [0.717, 1.165) is 32.3 Å². The standard InChI is InChI=1S/C25H25F3N6/c1-2-10-32-11-13-33(14-12-32)25-21(28)15-29-24(30-25)22-18-7-5-9-20(27)23(18)34(31-22)16-17-6-3-4-8-19(17)26/h3-9,15H,2,10-14,16H2,1H3. The smallest absolute Gasteiger partial charge is 0.183 e. The average Bonchev–Trinajstić information content (AvgIpc) is 3.21. The van der Waals surface area contributed by atoms with Crippen LogP contribution in [0, 0.1) is 17.5 Å². The van der Waals surface area contributed by atoms with Crippen molar-refractivity contribution in [2.75, 3.05) is 37.6 Å². The van der Waals surface area contributed by atoms with Crippen LogP contribution >= 0.6 is 0 Å². The Morgan fingerprint density at radius 1 is 0.882 bits per heavy atom. The summed E-state index contributed by atoms with van der Waals surface area (Å²) in [5.41, 5.74) is 0.937. The van der Waals surface area contributed by atoms with Gasteiger partial charge in [-0.05, 0) is 25.1 Å². The number of benzene rings is 2. The first kappa shape index (κ1) is 22.3. The average molecular weight is 467 g/mol. The van der Waals surface area contributed by atoms with Crippen molar-refractivity contribution in [3.8, 4) is 11.5 Å². The largest absolute Gasteiger partial charge is 0.352 e. The summed E-state index contributed by atoms with van der Waals surface area (Å²) in [5.74, 6) is -0.966. The van der Waals surface area contributed by atoms with Gasteiger partial charge in [0.15, 0.2) is 17.5 Å². The van der Waals surface area contributed by atoms with Gasteiger partial charge in [-0.15, -0.1) is 0 Å². The van der Waals surface area contributed by atoms with E-state index in [0.29, 0.717) is 29.7 Å². The van der Waals surface area contributed by atoms with Crippen LogP contribution in [0.4, 0.5) is 19.0 Å². The van der Waals surface area contributed by atoms with Gasteiger partial charge in [0.2, 0.25) is 0 Å². The summed E-state index contributed by atoms with van der Waals surface area (Å²) in [7, 11) is 0. The van der Waals surface area contributed by atoms with E-state index in [4.69, 9.17) is 0 Å². The second kappa shape index (κ2) is 9.42. The van der Waals surface area contributed by atoms with E-state index < -0.39 is 17.5 Å². The number of rotatable bonds is 6. The highest BCUT2D eigenvalue weighted by molar-refractivity contribution is 5.92. The molecule has 9 heteroatoms. The van der Waals surface area contributed by atoms with E-state index in [1.54, 1.807) is 30.3 Å². The topological polar surface area (TPSA) is 50.1 Å². The summed E-state index contributed by atoms with van der Waals surface area (Å²) in [6.45, 7) is 6.17. The third-order valence-electron chi connectivity index (χ3n) is 6.15. The fourth-order valence-electron chi connectivity index (χ4n) is 4.45. The predicted octanol–water partition coefficient (Wildman–Crippen LogP) is 4.49. The molecule has 1 aliphatic heterocycles. The van der Waals surface area contributed by atoms with Crippen LogP contribution in [0.1, 0.15) is 18.9 Å². The summed E-state index contributed by atoms with van der Waals surface area (Å²) in [5, 5.41) is 5.03. The molecule has 2 aromatic heterocycles. The van der Waals surface area contributed by atoms with Crippen molar-refractivity contribution in [1.82, 2.24) is 24.6 Å². The van der Waals surface area contributed by atoms with Gasteiger partial charge in [0.1, 0.15) is 22.8 Å². The van der Waals surface area contributed by atoms with E-state index in [1.807, 2.05) is 4.90 Å². The molecule has 0 saturated carbocycles. The third-order valence-corrected chi connectivity index (χ3v) is 6.15. The molecular weight excluding hydrogens is 441 g/mol. The highest BCUT2D eigenvalue weighted by atomic mass is 19.1. The van der Waals surface area contributed by atoms with Gasteiger partial charge in [-0.3, -0.25) is 9.58 Å². The SMILES string of the molecule is CCCN1CCN(c2nc(-c3nn(Cc4ccccc4F)c4c(F)cccc34)ncc2F)CC1. The second-order valence-corrected chi connectivity index (χ2v) is 8.43. The molecule has 176 valence electrons. The fraction of sp³-hybridized carbons (Fsp3) is 0.320. The molecule has 0 spiro atoms. The number of halogens is 3. The fourth-order valence-corrected chi connectivity index (χ4v) is 4.45. The molecule has 0 N–H and O–H groups in total. The monoisotopic (exact) mass is 466 g/mol. The first-order valence-corrected chi connectivity index (χ1v) is 11.4. The Labute approximate surface area is 195 Å². The number of anilines is 1. The van der Waals surface area contributed by atoms with E-state index in [2.05, 4.69) is 26.9 Å². The summed E-state index contributed by atoms with van der Waals surface area (Å²) >= 11 is 0. The lowest BCUT2D eigenvalue weighted by Gasteiger charge is -2.35. The van der Waals surface area contributed by atoms with E-state index >= 15 is 0 Å². The van der Waals surface area contributed by atoms with Crippen LogP contribution in [-0.2, 0) is 6.54 Å². The van der Waals surface area contributed by atoms with Crippen molar-refractivity contribution >= 4 is 16.7 Å². The van der Waals surface area contributed by atoms with Gasteiger partial charge < -0.3 is 4.90 Å². The van der Waals surface area contributed by atoms with Gasteiger partial charge in [0.25, 0.3) is 0 Å². The molecule has 0 bridgehead atoms. The van der Waals surface area contributed by atoms with Crippen LogP contribution in [-0.4, -0.2) is 57.4 Å². The summed E-state index contributed by atoms with van der Waals surface area (Å²) < 4.78 is 45.3. The van der Waals surface area contributed by atoms with Crippen molar-refractivity contribution < 1.29 is 13.2 Å². The zero-order valence-electron chi connectivity index (χ0n) is 18.9. The minimum Gasteiger partial charge on any atom is -0.352 e. The number of fused-ring (bicyclic) bond motifs is 1. The van der Waals surface area contributed by atoms with Crippen LogP contribution in [0.2, 0.25) is 0 Å². The Morgan fingerprint density at radius 3 is 2.41 bits per heavy atom. The molecule has 0 radical (unpaired) electrons. The van der Waals surface area contributed by atoms with Gasteiger partial charge >= 0.3 is 0 Å². The highest BCUT2D eigenvalue weighted by Crippen LogP contribution is 2.30. The van der Waals surface area contributed by atoms with Crippen LogP contribution in [0.15, 0.2) is 48.7 Å². The van der Waals surface area contributed by atoms with E-state index in [1.165, 1.54) is 16.8 Å². The van der Waals surface area contributed by atoms with Crippen LogP contribution in [0.3, 0.4) is 0 Å². The lowest BCUT2D eigenvalue weighted by atomic mass is 10.2. The lowest BCUT2D eigenvalue weighted by Crippen LogP contribution is -2.47. The molecule has 5 rings (SSSR count). The first-order valence-electron chi connectivity index (χ1n) is 11.4. The third kappa shape index (κ3) is 4.23. The van der Waals surface area contributed by atoms with Gasteiger partial charge in [-0.25, -0.2) is 23.1 Å². The molecule has 0 aliphatic carbocycles. The number of aromatic nitrogens is 4. The summed E-state index contributed by atoms with van der Waals surface area (Å²) in [6, 6.07) is 10.9. The number of piperazine rings is 1. The lowest BCUT2D eigenvalue weighted by molar-refractivity contribution is 0.257. The number of para-hydroxylation sites is 1. The van der Waals surface area contributed by atoms with Crippen molar-refractivity contribution in [3.63, 3.8) is 0 Å². The van der Waals surface area contributed by atoms with E-state index in [9.17, 15) is 13.2 Å². The number of hydrogen-bond acceptors (Lipinski definition) is 5. The van der Waals surface area contributed by atoms with Gasteiger partial charge in [-0.1, -0.05) is 37.3 Å². The molecule has 0 amide bonds. The molecule has 1 aliphatic rings. The maximum absolute atomic E-state index is 14.8. The van der Waals surface area contributed by atoms with Crippen molar-refractivity contribution in [2.24, 2.45) is 0 Å². The molecule has 3 heterocycles. The summed E-state index contributed by atoms with van der Waals surface area (Å²) in [6.07, 6.45) is 2.21. The van der Waals surface area contributed by atoms with Crippen LogP contribution < -0.4 is 4.90 Å². The maximum Gasteiger partial charge on any atom is 0.183 e. The predicted molar refractivity (Wildman–Crippen MR) is 125 cm³/mol. The van der Waals surface area contributed by atoms with Crippen molar-refractivity contribution in [2.45, 2.75) is 19.9 Å². The minimum atomic E-state index is -0.506. The van der Waals surface area contributed by atoms with Crippen molar-refractivity contribution in [1.29, 1.82) is 0 Å². The summed E-state index contributed by atoms with van der Waals surface area (Å²) in [4.78, 5) is 12.9. The minimum absolute atomic E-state index is 0.0392. The first-order chi connectivity index (χ1) is 16.5. The molecule has 6 nitrogen and oxygen atoms in total. The van der Waals surface area contributed by atoms with Crippen molar-refractivity contribution in [3.05, 3.63) is 71.7 Å². The van der Waals surface area contributed by atoms with Gasteiger partial charge in [0, 0.05) is 37.1 Å². The van der Waals surface area contributed by atoms with E-state index in [-0.39, 0.29) is 23.7 Å².